The zero-order valence-corrected chi connectivity index (χ0v) is 15.5. The Hall–Kier alpha value is -1.11. The third-order valence-corrected chi connectivity index (χ3v) is 3.87. The average molecular weight is 394 g/mol. The first-order chi connectivity index (χ1) is 9.61. The zero-order chi connectivity index (χ0) is 16.3. The maximum atomic E-state index is 12.3. The lowest BCUT2D eigenvalue weighted by Gasteiger charge is -2.27. The van der Waals surface area contributed by atoms with Crippen molar-refractivity contribution in [3.05, 3.63) is 34.3 Å². The van der Waals surface area contributed by atoms with E-state index in [4.69, 9.17) is 10.5 Å². The van der Waals surface area contributed by atoms with Gasteiger partial charge in [-0.2, -0.15) is 0 Å². The van der Waals surface area contributed by atoms with Crippen LogP contribution in [0.5, 0.6) is 0 Å². The highest BCUT2D eigenvalue weighted by Crippen LogP contribution is 2.22. The standard InChI is InChI=1S/C15H21BrN2O3.ClH/c1-14(2,13(20)21-4)9-18-12(19)15(3,17)10-5-7-11(16)8-6-10;/h5-8H,9,17H2,1-4H3,(H,18,19);1H. The van der Waals surface area contributed by atoms with Gasteiger partial charge in [0.25, 0.3) is 0 Å². The summed E-state index contributed by atoms with van der Waals surface area (Å²) in [5, 5.41) is 2.72. The number of carbonyl (C=O) groups excluding carboxylic acids is 2. The second-order valence-electron chi connectivity index (χ2n) is 5.77. The van der Waals surface area contributed by atoms with Crippen LogP contribution in [0.1, 0.15) is 26.3 Å². The number of esters is 1. The number of hydrogen-bond donors (Lipinski definition) is 2. The Labute approximate surface area is 145 Å². The summed E-state index contributed by atoms with van der Waals surface area (Å²) < 4.78 is 5.62. The summed E-state index contributed by atoms with van der Waals surface area (Å²) in [5.74, 6) is -0.730. The highest BCUT2D eigenvalue weighted by atomic mass is 79.9. The van der Waals surface area contributed by atoms with Crippen molar-refractivity contribution in [3.8, 4) is 0 Å². The topological polar surface area (TPSA) is 81.4 Å². The van der Waals surface area contributed by atoms with Gasteiger partial charge in [-0.15, -0.1) is 12.4 Å². The van der Waals surface area contributed by atoms with E-state index >= 15 is 0 Å². The van der Waals surface area contributed by atoms with Crippen LogP contribution in [0.2, 0.25) is 0 Å². The first-order valence-electron chi connectivity index (χ1n) is 6.53. The number of hydrogen-bond acceptors (Lipinski definition) is 4. The van der Waals surface area contributed by atoms with Crippen molar-refractivity contribution in [2.24, 2.45) is 11.1 Å². The predicted octanol–water partition coefficient (Wildman–Crippen LogP) is 2.36. The highest BCUT2D eigenvalue weighted by Gasteiger charge is 2.34. The van der Waals surface area contributed by atoms with E-state index in [1.54, 1.807) is 32.9 Å². The first-order valence-corrected chi connectivity index (χ1v) is 7.32. The highest BCUT2D eigenvalue weighted by molar-refractivity contribution is 9.10. The smallest absolute Gasteiger partial charge is 0.313 e. The van der Waals surface area contributed by atoms with Crippen molar-refractivity contribution >= 4 is 40.2 Å². The minimum atomic E-state index is -1.17. The molecule has 0 saturated heterocycles. The molecule has 0 saturated carbocycles. The minimum Gasteiger partial charge on any atom is -0.469 e. The zero-order valence-electron chi connectivity index (χ0n) is 13.1. The van der Waals surface area contributed by atoms with Gasteiger partial charge in [0.15, 0.2) is 0 Å². The number of carbonyl (C=O) groups is 2. The summed E-state index contributed by atoms with van der Waals surface area (Å²) in [6.45, 7) is 5.19. The molecule has 124 valence electrons. The number of rotatable bonds is 5. The molecule has 0 fully saturated rings. The van der Waals surface area contributed by atoms with E-state index in [-0.39, 0.29) is 30.8 Å². The Bertz CT molecular complexity index is 530. The Balaban J connectivity index is 0.00000441. The number of methoxy groups -OCH3 is 1. The van der Waals surface area contributed by atoms with Crippen LogP contribution < -0.4 is 11.1 Å². The molecule has 22 heavy (non-hydrogen) atoms. The lowest BCUT2D eigenvalue weighted by Crippen LogP contribution is -2.51. The molecule has 5 nitrogen and oxygen atoms in total. The summed E-state index contributed by atoms with van der Waals surface area (Å²) in [7, 11) is 1.32. The fraction of sp³-hybridized carbons (Fsp3) is 0.467. The van der Waals surface area contributed by atoms with E-state index < -0.39 is 11.0 Å². The van der Waals surface area contributed by atoms with E-state index in [1.807, 2.05) is 12.1 Å². The van der Waals surface area contributed by atoms with Crippen molar-refractivity contribution < 1.29 is 14.3 Å². The van der Waals surface area contributed by atoms with E-state index in [9.17, 15) is 9.59 Å². The molecular formula is C15H22BrClN2O3. The number of ether oxygens (including phenoxy) is 1. The molecule has 0 radical (unpaired) electrons. The molecule has 1 aromatic rings. The second-order valence-corrected chi connectivity index (χ2v) is 6.68. The van der Waals surface area contributed by atoms with Crippen LogP contribution in [0.15, 0.2) is 28.7 Å². The molecule has 1 amide bonds. The SMILES string of the molecule is COC(=O)C(C)(C)CNC(=O)C(C)(N)c1ccc(Br)cc1.Cl. The predicted molar refractivity (Wildman–Crippen MR) is 91.7 cm³/mol. The fourth-order valence-corrected chi connectivity index (χ4v) is 2.02. The minimum absolute atomic E-state index is 0. The van der Waals surface area contributed by atoms with Crippen molar-refractivity contribution in [1.29, 1.82) is 0 Å². The number of nitrogens with one attached hydrogen (secondary N) is 1. The molecule has 0 aliphatic rings. The Morgan fingerprint density at radius 1 is 1.23 bits per heavy atom. The van der Waals surface area contributed by atoms with Gasteiger partial charge >= 0.3 is 5.97 Å². The maximum absolute atomic E-state index is 12.3. The third-order valence-electron chi connectivity index (χ3n) is 3.34. The van der Waals surface area contributed by atoms with Crippen LogP contribution in [0.25, 0.3) is 0 Å². The summed E-state index contributed by atoms with van der Waals surface area (Å²) in [6.07, 6.45) is 0. The van der Waals surface area contributed by atoms with Gasteiger partial charge in [-0.1, -0.05) is 28.1 Å². The van der Waals surface area contributed by atoms with Gasteiger partial charge in [0.05, 0.1) is 12.5 Å². The second kappa shape index (κ2) is 7.94. The van der Waals surface area contributed by atoms with E-state index in [0.717, 1.165) is 4.47 Å². The van der Waals surface area contributed by atoms with Crippen LogP contribution in [0, 0.1) is 5.41 Å². The first kappa shape index (κ1) is 20.9. The Morgan fingerprint density at radius 2 is 1.73 bits per heavy atom. The van der Waals surface area contributed by atoms with Gasteiger partial charge in [0.1, 0.15) is 5.54 Å². The van der Waals surface area contributed by atoms with E-state index in [0.29, 0.717) is 5.56 Å². The lowest BCUT2D eigenvalue weighted by atomic mass is 9.90. The average Bonchev–Trinajstić information content (AvgIpc) is 2.44. The van der Waals surface area contributed by atoms with Crippen LogP contribution in [0.4, 0.5) is 0 Å². The van der Waals surface area contributed by atoms with Gasteiger partial charge < -0.3 is 15.8 Å². The summed E-state index contributed by atoms with van der Waals surface area (Å²) in [4.78, 5) is 23.9. The molecule has 7 heteroatoms. The van der Waals surface area contributed by atoms with Gasteiger partial charge in [0, 0.05) is 11.0 Å². The van der Waals surface area contributed by atoms with Crippen molar-refractivity contribution in [3.63, 3.8) is 0 Å². The van der Waals surface area contributed by atoms with Crippen LogP contribution in [-0.4, -0.2) is 25.5 Å². The molecule has 3 N–H and O–H groups in total. The molecule has 0 aliphatic carbocycles. The van der Waals surface area contributed by atoms with Gasteiger partial charge in [-0.3, -0.25) is 9.59 Å². The lowest BCUT2D eigenvalue weighted by molar-refractivity contribution is -0.150. The summed E-state index contributed by atoms with van der Waals surface area (Å²) >= 11 is 3.34. The molecular weight excluding hydrogens is 372 g/mol. The van der Waals surface area contributed by atoms with Crippen molar-refractivity contribution in [2.75, 3.05) is 13.7 Å². The van der Waals surface area contributed by atoms with Gasteiger partial charge in [0.2, 0.25) is 5.91 Å². The molecule has 1 aromatic carbocycles. The molecule has 0 aromatic heterocycles. The van der Waals surface area contributed by atoms with Crippen LogP contribution in [-0.2, 0) is 19.9 Å². The molecule has 0 aliphatic heterocycles. The van der Waals surface area contributed by atoms with Crippen molar-refractivity contribution in [2.45, 2.75) is 26.3 Å². The third kappa shape index (κ3) is 4.97. The Kier molecular flexibility index (Phi) is 7.54. The van der Waals surface area contributed by atoms with E-state index in [2.05, 4.69) is 21.2 Å². The van der Waals surface area contributed by atoms with Crippen molar-refractivity contribution in [1.82, 2.24) is 5.32 Å². The van der Waals surface area contributed by atoms with E-state index in [1.165, 1.54) is 7.11 Å². The summed E-state index contributed by atoms with van der Waals surface area (Å²) in [6, 6.07) is 7.22. The van der Waals surface area contributed by atoms with Crippen LogP contribution >= 0.6 is 28.3 Å². The summed E-state index contributed by atoms with van der Waals surface area (Å²) in [5.41, 5.74) is 4.84. The van der Waals surface area contributed by atoms with Gasteiger partial charge in [-0.05, 0) is 38.5 Å². The number of benzene rings is 1. The molecule has 1 atom stereocenters. The number of amides is 1. The monoisotopic (exact) mass is 392 g/mol. The molecule has 1 unspecified atom stereocenters. The molecule has 1 rings (SSSR count). The molecule has 0 spiro atoms. The number of nitrogens with two attached hydrogens (primary N) is 1. The Morgan fingerprint density at radius 3 is 2.18 bits per heavy atom. The molecule has 0 bridgehead atoms. The largest absolute Gasteiger partial charge is 0.469 e. The fourth-order valence-electron chi connectivity index (χ4n) is 1.76. The van der Waals surface area contributed by atoms with Gasteiger partial charge in [-0.25, -0.2) is 0 Å². The molecule has 0 heterocycles. The maximum Gasteiger partial charge on any atom is 0.313 e. The normalized spacial score (nSPS) is 13.5. The quantitative estimate of drug-likeness (QED) is 0.753. The number of halogens is 2. The van der Waals surface area contributed by atoms with Crippen LogP contribution in [0.3, 0.4) is 0 Å².